The van der Waals surface area contributed by atoms with Crippen molar-refractivity contribution in [2.75, 3.05) is 23.9 Å². The van der Waals surface area contributed by atoms with E-state index >= 15 is 0 Å². The molecule has 1 N–H and O–H groups in total. The number of sulfone groups is 1. The molecule has 0 spiro atoms. The van der Waals surface area contributed by atoms with Crippen LogP contribution in [0.15, 0.2) is 6.07 Å². The van der Waals surface area contributed by atoms with E-state index in [-0.39, 0.29) is 17.5 Å². The minimum atomic E-state index is -2.89. The molecule has 1 aliphatic heterocycles. The molecule has 7 heteroatoms. The van der Waals surface area contributed by atoms with Crippen LogP contribution in [0.2, 0.25) is 0 Å². The van der Waals surface area contributed by atoms with E-state index in [9.17, 15) is 8.42 Å². The number of nitrogens with zero attached hydrogens (tertiary/aromatic N) is 2. The van der Waals surface area contributed by atoms with Crippen LogP contribution >= 0.6 is 0 Å². The summed E-state index contributed by atoms with van der Waals surface area (Å²) in [5.74, 6) is 1.27. The molecule has 94 valence electrons. The van der Waals surface area contributed by atoms with Crippen molar-refractivity contribution in [3.63, 3.8) is 0 Å². The number of rotatable bonds is 3. The smallest absolute Gasteiger partial charge is 0.226 e. The lowest BCUT2D eigenvalue weighted by Gasteiger charge is -2.11. The molecule has 0 radical (unpaired) electrons. The predicted octanol–water partition coefficient (Wildman–Crippen LogP) is 0.393. The lowest BCUT2D eigenvalue weighted by molar-refractivity contribution is 0.397. The Labute approximate surface area is 100 Å². The van der Waals surface area contributed by atoms with Crippen molar-refractivity contribution >= 4 is 15.8 Å². The summed E-state index contributed by atoms with van der Waals surface area (Å²) in [5.41, 5.74) is 0.778. The molecule has 17 heavy (non-hydrogen) atoms. The Bertz CT molecular complexity index is 516. The Morgan fingerprint density at radius 1 is 1.47 bits per heavy atom. The maximum Gasteiger partial charge on any atom is 0.226 e. The van der Waals surface area contributed by atoms with Crippen LogP contribution in [0.25, 0.3) is 0 Å². The van der Waals surface area contributed by atoms with Gasteiger partial charge in [0.1, 0.15) is 0 Å². The topological polar surface area (TPSA) is 81.2 Å². The maximum absolute atomic E-state index is 11.3. The van der Waals surface area contributed by atoms with Gasteiger partial charge in [0.15, 0.2) is 9.84 Å². The molecule has 0 aliphatic carbocycles. The molecule has 0 unspecified atom stereocenters. The fraction of sp³-hybridized carbons (Fsp3) is 0.600. The average molecular weight is 257 g/mol. The van der Waals surface area contributed by atoms with Gasteiger partial charge in [-0.2, -0.15) is 4.98 Å². The van der Waals surface area contributed by atoms with Gasteiger partial charge in [0, 0.05) is 17.8 Å². The molecule has 2 rings (SSSR count). The second-order valence-corrected chi connectivity index (χ2v) is 6.35. The minimum Gasteiger partial charge on any atom is -0.481 e. The number of anilines is 1. The monoisotopic (exact) mass is 257 g/mol. The van der Waals surface area contributed by atoms with Gasteiger partial charge in [-0.3, -0.25) is 0 Å². The van der Waals surface area contributed by atoms with Crippen molar-refractivity contribution in [3.8, 4) is 5.88 Å². The summed E-state index contributed by atoms with van der Waals surface area (Å²) in [6, 6.07) is 1.61. The third-order valence-corrected chi connectivity index (χ3v) is 4.37. The largest absolute Gasteiger partial charge is 0.481 e. The highest BCUT2D eigenvalue weighted by Gasteiger charge is 2.28. The number of hydrogen-bond acceptors (Lipinski definition) is 6. The van der Waals surface area contributed by atoms with Crippen LogP contribution in [0.1, 0.15) is 12.1 Å². The van der Waals surface area contributed by atoms with Crippen LogP contribution in [0.5, 0.6) is 5.88 Å². The third-order valence-electron chi connectivity index (χ3n) is 2.61. The van der Waals surface area contributed by atoms with Crippen molar-refractivity contribution in [1.29, 1.82) is 0 Å². The van der Waals surface area contributed by atoms with Gasteiger partial charge in [0.05, 0.1) is 18.6 Å². The second kappa shape index (κ2) is 4.48. The molecular weight excluding hydrogens is 242 g/mol. The summed E-state index contributed by atoms with van der Waals surface area (Å²) in [6.45, 7) is 1.83. The zero-order chi connectivity index (χ0) is 12.5. The van der Waals surface area contributed by atoms with Gasteiger partial charge in [-0.05, 0) is 13.3 Å². The zero-order valence-corrected chi connectivity index (χ0v) is 10.6. The molecule has 0 amide bonds. The van der Waals surface area contributed by atoms with Crippen LogP contribution in [0.3, 0.4) is 0 Å². The Hall–Kier alpha value is -1.37. The standard InChI is InChI=1S/C10H15N3O3S/c1-7-5-9(16-2)13-10(11-7)12-8-3-4-17(14,15)6-8/h5,8H,3-4,6H2,1-2H3,(H,11,12,13)/t8-/m0/s1. The number of methoxy groups -OCH3 is 1. The van der Waals surface area contributed by atoms with E-state index in [1.165, 1.54) is 7.11 Å². The van der Waals surface area contributed by atoms with Gasteiger partial charge in [-0.15, -0.1) is 0 Å². The summed E-state index contributed by atoms with van der Waals surface area (Å²) in [7, 11) is -1.36. The highest BCUT2D eigenvalue weighted by atomic mass is 32.2. The first-order valence-electron chi connectivity index (χ1n) is 5.35. The van der Waals surface area contributed by atoms with Gasteiger partial charge < -0.3 is 10.1 Å². The fourth-order valence-corrected chi connectivity index (χ4v) is 3.47. The zero-order valence-electron chi connectivity index (χ0n) is 9.80. The predicted molar refractivity (Wildman–Crippen MR) is 64.0 cm³/mol. The lowest BCUT2D eigenvalue weighted by Crippen LogP contribution is -2.22. The summed E-state index contributed by atoms with van der Waals surface area (Å²) < 4.78 is 27.7. The Balaban J connectivity index is 2.11. The number of aromatic nitrogens is 2. The third kappa shape index (κ3) is 3.06. The SMILES string of the molecule is COc1cc(C)nc(N[C@H]2CCS(=O)(=O)C2)n1. The lowest BCUT2D eigenvalue weighted by atomic mass is 10.3. The van der Waals surface area contributed by atoms with Gasteiger partial charge in [0.2, 0.25) is 11.8 Å². The van der Waals surface area contributed by atoms with Crippen molar-refractivity contribution in [2.45, 2.75) is 19.4 Å². The second-order valence-electron chi connectivity index (χ2n) is 4.12. The van der Waals surface area contributed by atoms with Gasteiger partial charge >= 0.3 is 0 Å². The van der Waals surface area contributed by atoms with E-state index in [1.54, 1.807) is 6.07 Å². The van der Waals surface area contributed by atoms with E-state index in [4.69, 9.17) is 4.74 Å². The first-order valence-corrected chi connectivity index (χ1v) is 7.17. The van der Waals surface area contributed by atoms with Crippen molar-refractivity contribution < 1.29 is 13.2 Å². The average Bonchev–Trinajstić information content (AvgIpc) is 2.57. The van der Waals surface area contributed by atoms with Crippen molar-refractivity contribution in [2.24, 2.45) is 0 Å². The van der Waals surface area contributed by atoms with E-state index in [0.717, 1.165) is 5.69 Å². The van der Waals surface area contributed by atoms with Crippen LogP contribution in [-0.2, 0) is 9.84 Å². The molecular formula is C10H15N3O3S. The highest BCUT2D eigenvalue weighted by molar-refractivity contribution is 7.91. The quantitative estimate of drug-likeness (QED) is 0.843. The summed E-state index contributed by atoms with van der Waals surface area (Å²) >= 11 is 0. The summed E-state index contributed by atoms with van der Waals surface area (Å²) in [5, 5.41) is 3.03. The van der Waals surface area contributed by atoms with Crippen molar-refractivity contribution in [3.05, 3.63) is 11.8 Å². The summed E-state index contributed by atoms with van der Waals surface area (Å²) in [6.07, 6.45) is 0.599. The van der Waals surface area contributed by atoms with E-state index in [0.29, 0.717) is 18.2 Å². The molecule has 6 nitrogen and oxygen atoms in total. The number of aryl methyl sites for hydroxylation is 1. The normalized spacial score (nSPS) is 22.4. The van der Waals surface area contributed by atoms with Gasteiger partial charge in [0.25, 0.3) is 0 Å². The summed E-state index contributed by atoms with van der Waals surface area (Å²) in [4.78, 5) is 8.32. The minimum absolute atomic E-state index is 0.105. The molecule has 1 aromatic heterocycles. The number of nitrogens with one attached hydrogen (secondary N) is 1. The highest BCUT2D eigenvalue weighted by Crippen LogP contribution is 2.17. The van der Waals surface area contributed by atoms with Crippen LogP contribution < -0.4 is 10.1 Å². The Morgan fingerprint density at radius 2 is 2.24 bits per heavy atom. The van der Waals surface area contributed by atoms with Crippen LogP contribution in [0.4, 0.5) is 5.95 Å². The first-order chi connectivity index (χ1) is 7.98. The van der Waals surface area contributed by atoms with Gasteiger partial charge in [-0.25, -0.2) is 13.4 Å². The van der Waals surface area contributed by atoms with Crippen LogP contribution in [0, 0.1) is 6.92 Å². The molecule has 1 saturated heterocycles. The number of ether oxygens (including phenoxy) is 1. The van der Waals surface area contributed by atoms with E-state index in [2.05, 4.69) is 15.3 Å². The first kappa shape index (κ1) is 12.1. The molecule has 0 saturated carbocycles. The fourth-order valence-electron chi connectivity index (χ4n) is 1.80. The van der Waals surface area contributed by atoms with Crippen molar-refractivity contribution in [1.82, 2.24) is 9.97 Å². The molecule has 1 atom stereocenters. The maximum atomic E-state index is 11.3. The Morgan fingerprint density at radius 3 is 2.82 bits per heavy atom. The van der Waals surface area contributed by atoms with Gasteiger partial charge in [-0.1, -0.05) is 0 Å². The molecule has 1 fully saturated rings. The molecule has 0 aromatic carbocycles. The van der Waals surface area contributed by atoms with E-state index < -0.39 is 9.84 Å². The number of hydrogen-bond donors (Lipinski definition) is 1. The molecule has 0 bridgehead atoms. The Kier molecular flexibility index (Phi) is 3.19. The molecule has 2 heterocycles. The molecule has 1 aliphatic rings. The van der Waals surface area contributed by atoms with E-state index in [1.807, 2.05) is 6.92 Å². The van der Waals surface area contributed by atoms with Crippen LogP contribution in [-0.4, -0.2) is 43.0 Å². The molecule has 1 aromatic rings.